The lowest BCUT2D eigenvalue weighted by molar-refractivity contribution is -0.126. The molecule has 6 unspecified atom stereocenters. The number of benzene rings is 1. The number of nitrogens with one attached hydrogen (secondary N) is 3. The fourth-order valence-corrected chi connectivity index (χ4v) is 9.40. The summed E-state index contributed by atoms with van der Waals surface area (Å²) < 4.78 is 72.1. The smallest absolute Gasteiger partial charge is 0.476 e. The Labute approximate surface area is 343 Å². The Morgan fingerprint density at radius 2 is 1.89 bits per heavy atom. The van der Waals surface area contributed by atoms with Gasteiger partial charge in [-0.1, -0.05) is 28.1 Å². The van der Waals surface area contributed by atoms with Crippen molar-refractivity contribution in [3.63, 3.8) is 0 Å². The Kier molecular flexibility index (Phi) is 20.3. The number of nitrogens with zero attached hydrogens (tertiary/aromatic N) is 7. The van der Waals surface area contributed by atoms with Crippen LogP contribution in [0.15, 0.2) is 50.3 Å². The van der Waals surface area contributed by atoms with Crippen LogP contribution in [0.25, 0.3) is 20.9 Å². The van der Waals surface area contributed by atoms with Gasteiger partial charge in [0.2, 0.25) is 5.91 Å². The Morgan fingerprint density at radius 3 is 2.59 bits per heavy atom. The Balaban J connectivity index is 1.51. The van der Waals surface area contributed by atoms with Gasteiger partial charge < -0.3 is 64.1 Å². The molecule has 1 aliphatic heterocycles. The number of aromatic amines is 1. The number of carbonyl (C=O) groups is 2. The Bertz CT molecular complexity index is 2270. The number of azide groups is 2. The number of nitrogens with two attached hydrogens (primary N) is 1. The van der Waals surface area contributed by atoms with E-state index in [1.165, 1.54) is 6.07 Å². The van der Waals surface area contributed by atoms with E-state index >= 15 is 0 Å². The van der Waals surface area contributed by atoms with Crippen LogP contribution in [0.4, 0.5) is 0 Å². The second-order valence-electron chi connectivity index (χ2n) is 12.0. The fraction of sp³-hybridized carbons (Fsp3) is 0.517. The molecule has 3 rings (SSSR count). The lowest BCUT2D eigenvalue weighted by Gasteiger charge is -2.21. The van der Waals surface area contributed by atoms with E-state index in [9.17, 15) is 42.7 Å². The van der Waals surface area contributed by atoms with Gasteiger partial charge in [0.25, 0.3) is 11.5 Å². The third-order valence-electron chi connectivity index (χ3n) is 7.37. The largest absolute Gasteiger partial charge is 0.491 e. The summed E-state index contributed by atoms with van der Waals surface area (Å²) in [5.74, 6) is 2.66. The molecule has 0 spiro atoms. The van der Waals surface area contributed by atoms with Crippen molar-refractivity contribution in [2.24, 2.45) is 16.0 Å². The van der Waals surface area contributed by atoms with Crippen molar-refractivity contribution in [1.82, 2.24) is 20.2 Å². The van der Waals surface area contributed by atoms with Gasteiger partial charge in [-0.3, -0.25) is 33.1 Å². The minimum absolute atomic E-state index is 0.101. The van der Waals surface area contributed by atoms with Gasteiger partial charge >= 0.3 is 28.7 Å². The number of hydrogen-bond donors (Lipinski definition) is 8. The summed E-state index contributed by atoms with van der Waals surface area (Å²) in [5.41, 5.74) is 21.0. The van der Waals surface area contributed by atoms with Gasteiger partial charge in [0.1, 0.15) is 43.6 Å². The van der Waals surface area contributed by atoms with Gasteiger partial charge in [0.05, 0.1) is 32.5 Å². The molecule has 1 aromatic heterocycles. The third kappa shape index (κ3) is 18.7. The summed E-state index contributed by atoms with van der Waals surface area (Å²) in [7, 11) is -16.0. The highest BCUT2D eigenvalue weighted by Gasteiger charge is 2.42. The first-order chi connectivity index (χ1) is 28.8. The summed E-state index contributed by atoms with van der Waals surface area (Å²) in [6, 6.07) is 6.25. The van der Waals surface area contributed by atoms with E-state index in [4.69, 9.17) is 54.8 Å². The van der Waals surface area contributed by atoms with Gasteiger partial charge in [-0.05, 0) is 29.3 Å². The van der Waals surface area contributed by atoms with Crippen LogP contribution in [0.2, 0.25) is 0 Å². The van der Waals surface area contributed by atoms with Crippen LogP contribution in [-0.4, -0.2) is 125 Å². The highest BCUT2D eigenvalue weighted by atomic mass is 31.3. The van der Waals surface area contributed by atoms with Crippen LogP contribution in [0.5, 0.6) is 5.75 Å². The molecule has 2 amide bonds. The zero-order valence-electron chi connectivity index (χ0n) is 31.5. The molecule has 1 aliphatic rings. The summed E-state index contributed by atoms with van der Waals surface area (Å²) >= 11 is 0. The molecule has 0 bridgehead atoms. The summed E-state index contributed by atoms with van der Waals surface area (Å²) in [6.07, 6.45) is -3.96. The van der Waals surface area contributed by atoms with Gasteiger partial charge in [0.15, 0.2) is 12.1 Å². The van der Waals surface area contributed by atoms with E-state index in [1.54, 1.807) is 18.2 Å². The predicted molar refractivity (Wildman–Crippen MR) is 205 cm³/mol. The SMILES string of the molecule is [N-]=[N+]=NCOC1CC(n2cc(C#CCNC(=O)COCCOC(COc3cccc(C(=O)NCCN)c3)N=[N+]=[N-])c(=O)[nH]c2=O)OC1COP(=O)(O)CP(=O)(O)OP(=O)(O)O. The van der Waals surface area contributed by atoms with Gasteiger partial charge in [-0.15, -0.1) is 0 Å². The number of phosphoric acid groups is 1. The van der Waals surface area contributed by atoms with Crippen molar-refractivity contribution in [1.29, 1.82) is 0 Å². The molecule has 2 heterocycles. The van der Waals surface area contributed by atoms with Crippen molar-refractivity contribution >= 4 is 34.8 Å². The number of hydrogen-bond acceptors (Lipinski definition) is 17. The van der Waals surface area contributed by atoms with E-state index in [0.717, 1.165) is 10.8 Å². The fourth-order valence-electron chi connectivity index (χ4n) is 4.88. The minimum atomic E-state index is -5.53. The molecule has 61 heavy (non-hydrogen) atoms. The van der Waals surface area contributed by atoms with Crippen molar-refractivity contribution in [2.75, 3.05) is 65.3 Å². The number of rotatable bonds is 25. The molecule has 9 N–H and O–H groups in total. The van der Waals surface area contributed by atoms with Crippen molar-refractivity contribution in [3.05, 3.63) is 83.3 Å². The van der Waals surface area contributed by atoms with Gasteiger partial charge in [-0.25, -0.2) is 13.7 Å². The van der Waals surface area contributed by atoms with Crippen LogP contribution in [-0.2, 0) is 46.3 Å². The van der Waals surface area contributed by atoms with E-state index in [-0.39, 0.29) is 50.8 Å². The van der Waals surface area contributed by atoms with Gasteiger partial charge in [-0.2, -0.15) is 0 Å². The zero-order valence-corrected chi connectivity index (χ0v) is 34.2. The molecule has 1 fully saturated rings. The molecule has 0 aliphatic carbocycles. The van der Waals surface area contributed by atoms with Crippen LogP contribution in [0, 0.1) is 11.8 Å². The summed E-state index contributed by atoms with van der Waals surface area (Å²) in [4.78, 5) is 94.0. The number of amides is 2. The Hall–Kier alpha value is -4.93. The lowest BCUT2D eigenvalue weighted by Crippen LogP contribution is -2.34. The van der Waals surface area contributed by atoms with E-state index in [2.05, 4.69) is 46.8 Å². The first kappa shape index (κ1) is 50.4. The average Bonchev–Trinajstić information content (AvgIpc) is 3.58. The summed E-state index contributed by atoms with van der Waals surface area (Å²) in [5, 5.41) is 11.8. The highest BCUT2D eigenvalue weighted by Crippen LogP contribution is 2.64. The normalized spacial score (nSPS) is 18.5. The minimum Gasteiger partial charge on any atom is -0.491 e. The van der Waals surface area contributed by atoms with E-state index in [0.29, 0.717) is 17.9 Å². The maximum atomic E-state index is 12.7. The first-order valence-electron chi connectivity index (χ1n) is 17.2. The maximum absolute atomic E-state index is 12.7. The average molecular weight is 924 g/mol. The first-order valence-corrected chi connectivity index (χ1v) is 22.3. The maximum Gasteiger partial charge on any atom is 0.476 e. The molecule has 32 heteroatoms. The van der Waals surface area contributed by atoms with Gasteiger partial charge in [0, 0.05) is 41.1 Å². The monoisotopic (exact) mass is 923 g/mol. The lowest BCUT2D eigenvalue weighted by atomic mass is 10.2. The molecular weight excluding hydrogens is 883 g/mol. The topological polar surface area (TPSA) is 433 Å². The number of carbonyl (C=O) groups excluding carboxylic acids is 2. The Morgan fingerprint density at radius 1 is 1.11 bits per heavy atom. The number of H-pyrrole nitrogens is 1. The third-order valence-corrected chi connectivity index (χ3v) is 12.7. The molecule has 2 aromatic rings. The summed E-state index contributed by atoms with van der Waals surface area (Å²) in [6.45, 7) is -1.99. The van der Waals surface area contributed by atoms with Crippen LogP contribution >= 0.6 is 23.0 Å². The molecule has 334 valence electrons. The second kappa shape index (κ2) is 24.5. The van der Waals surface area contributed by atoms with Crippen molar-refractivity contribution in [2.45, 2.75) is 31.1 Å². The number of aromatic nitrogens is 2. The molecule has 0 radical (unpaired) electrons. The van der Waals surface area contributed by atoms with Crippen LogP contribution < -0.4 is 32.4 Å². The highest BCUT2D eigenvalue weighted by molar-refractivity contribution is 7.74. The molecule has 0 saturated carbocycles. The van der Waals surface area contributed by atoms with Crippen LogP contribution in [0.1, 0.15) is 28.6 Å². The quantitative estimate of drug-likeness (QED) is 0.0160. The van der Waals surface area contributed by atoms with Crippen molar-refractivity contribution in [3.8, 4) is 17.6 Å². The second-order valence-corrected chi connectivity index (χ2v) is 17.5. The molecule has 1 saturated heterocycles. The molecular formula is C29H40N11O18P3. The molecule has 6 atom stereocenters. The number of ether oxygens (including phenoxy) is 5. The zero-order chi connectivity index (χ0) is 45.1. The molecule has 1 aromatic carbocycles. The molecule has 29 nitrogen and oxygen atoms in total. The van der Waals surface area contributed by atoms with Crippen LogP contribution in [0.3, 0.4) is 0 Å². The standard InChI is InChI=1S/C29H40N11O18P3/c30-6-8-34-27(42)19-3-1-5-21(11-19)54-16-25(37-39-32)53-10-9-52-15-24(41)33-7-2-4-20-13-40(29(44)36-28(20)43)26-12-22(55-17-35-38-31)23(57-26)14-56-59(45,46)18-60(47,48)58-61(49,50)51/h1,3,5,11,13,22-23,25-26H,6-10,12,14-18,30H2,(H,33,41)(H,34,42)(H,45,46)(H,47,48)(H,36,43,44)(H2,49,50,51). The van der Waals surface area contributed by atoms with E-state index < -0.39 is 90.7 Å². The van der Waals surface area contributed by atoms with Crippen molar-refractivity contribution < 1.29 is 75.4 Å². The predicted octanol–water partition coefficient (Wildman–Crippen LogP) is -0.164. The van der Waals surface area contributed by atoms with E-state index in [1.807, 2.05) is 4.98 Å².